The van der Waals surface area contributed by atoms with E-state index in [4.69, 9.17) is 5.11 Å². The van der Waals surface area contributed by atoms with E-state index in [9.17, 15) is 4.79 Å². The Morgan fingerprint density at radius 1 is 1.40 bits per heavy atom. The lowest BCUT2D eigenvalue weighted by atomic mass is 10.0. The maximum Gasteiger partial charge on any atom is 0.328 e. The predicted octanol–water partition coefficient (Wildman–Crippen LogP) is 4.17. The van der Waals surface area contributed by atoms with Crippen LogP contribution in [-0.2, 0) is 4.79 Å². The molecule has 0 aliphatic carbocycles. The van der Waals surface area contributed by atoms with Crippen molar-refractivity contribution >= 4 is 33.7 Å². The Labute approximate surface area is 128 Å². The average Bonchev–Trinajstić information content (AvgIpc) is 2.61. The largest absolute Gasteiger partial charge is 0.478 e. The Bertz CT molecular complexity index is 513. The van der Waals surface area contributed by atoms with Gasteiger partial charge in [-0.3, -0.25) is 0 Å². The zero-order valence-corrected chi connectivity index (χ0v) is 13.3. The monoisotopic (exact) mass is 337 g/mol. The zero-order valence-electron chi connectivity index (χ0n) is 11.7. The van der Waals surface area contributed by atoms with Crippen molar-refractivity contribution in [2.24, 2.45) is 5.92 Å². The van der Waals surface area contributed by atoms with Crippen LogP contribution in [0.1, 0.15) is 31.7 Å². The molecule has 0 bridgehead atoms. The highest BCUT2D eigenvalue weighted by Gasteiger charge is 2.15. The van der Waals surface area contributed by atoms with Crippen LogP contribution < -0.4 is 4.90 Å². The van der Waals surface area contributed by atoms with Gasteiger partial charge in [-0.15, -0.1) is 0 Å². The summed E-state index contributed by atoms with van der Waals surface area (Å²) in [5.41, 5.74) is 2.10. The second-order valence-electron chi connectivity index (χ2n) is 5.41. The highest BCUT2D eigenvalue weighted by molar-refractivity contribution is 9.10. The van der Waals surface area contributed by atoms with Crippen LogP contribution in [0.5, 0.6) is 0 Å². The van der Waals surface area contributed by atoms with E-state index in [1.807, 2.05) is 12.1 Å². The third-order valence-electron chi connectivity index (χ3n) is 3.75. The number of benzene rings is 1. The summed E-state index contributed by atoms with van der Waals surface area (Å²) >= 11 is 3.61. The Morgan fingerprint density at radius 2 is 2.20 bits per heavy atom. The molecule has 1 saturated heterocycles. The van der Waals surface area contributed by atoms with E-state index in [0.717, 1.165) is 35.1 Å². The lowest BCUT2D eigenvalue weighted by Crippen LogP contribution is -2.24. The van der Waals surface area contributed by atoms with Crippen LogP contribution in [0.4, 0.5) is 5.69 Å². The molecular weight excluding hydrogens is 318 g/mol. The Kier molecular flexibility index (Phi) is 5.24. The molecule has 0 saturated carbocycles. The van der Waals surface area contributed by atoms with E-state index in [2.05, 4.69) is 33.8 Å². The highest BCUT2D eigenvalue weighted by atomic mass is 79.9. The summed E-state index contributed by atoms with van der Waals surface area (Å²) in [6.45, 7) is 4.50. The molecule has 1 aromatic rings. The third-order valence-corrected chi connectivity index (χ3v) is 4.38. The second kappa shape index (κ2) is 6.93. The van der Waals surface area contributed by atoms with E-state index in [1.165, 1.54) is 24.9 Å². The fourth-order valence-electron chi connectivity index (χ4n) is 2.55. The quantitative estimate of drug-likeness (QED) is 0.841. The van der Waals surface area contributed by atoms with Crippen LogP contribution in [-0.4, -0.2) is 24.2 Å². The van der Waals surface area contributed by atoms with Crippen LogP contribution in [0, 0.1) is 5.92 Å². The minimum atomic E-state index is -0.924. The number of rotatable bonds is 3. The van der Waals surface area contributed by atoms with E-state index in [-0.39, 0.29) is 0 Å². The van der Waals surface area contributed by atoms with Gasteiger partial charge in [-0.05, 0) is 64.9 Å². The number of carboxylic acids is 1. The number of carbonyl (C=O) groups is 1. The summed E-state index contributed by atoms with van der Waals surface area (Å²) in [6.07, 6.45) is 6.53. The van der Waals surface area contributed by atoms with Gasteiger partial charge in [0.1, 0.15) is 0 Å². The van der Waals surface area contributed by atoms with Crippen molar-refractivity contribution in [1.29, 1.82) is 0 Å². The molecular formula is C16H20BrNO2. The fraction of sp³-hybridized carbons (Fsp3) is 0.438. The lowest BCUT2D eigenvalue weighted by molar-refractivity contribution is -0.131. The number of anilines is 1. The van der Waals surface area contributed by atoms with Gasteiger partial charge in [-0.2, -0.15) is 0 Å². The molecule has 3 nitrogen and oxygen atoms in total. The summed E-state index contributed by atoms with van der Waals surface area (Å²) in [6, 6.07) is 6.01. The molecule has 1 N–H and O–H groups in total. The first kappa shape index (κ1) is 15.1. The van der Waals surface area contributed by atoms with Gasteiger partial charge in [0.25, 0.3) is 0 Å². The van der Waals surface area contributed by atoms with Gasteiger partial charge >= 0.3 is 5.97 Å². The second-order valence-corrected chi connectivity index (χ2v) is 6.26. The van der Waals surface area contributed by atoms with Crippen LogP contribution in [0.15, 0.2) is 28.7 Å². The van der Waals surface area contributed by atoms with Gasteiger partial charge in [-0.25, -0.2) is 4.79 Å². The van der Waals surface area contributed by atoms with Gasteiger partial charge in [-0.1, -0.05) is 13.0 Å². The van der Waals surface area contributed by atoms with E-state index in [0.29, 0.717) is 0 Å². The van der Waals surface area contributed by atoms with Gasteiger partial charge in [0, 0.05) is 23.6 Å². The summed E-state index contributed by atoms with van der Waals surface area (Å²) in [5.74, 6) is -0.122. The molecule has 1 fully saturated rings. The molecule has 4 heteroatoms. The molecule has 1 atom stereocenters. The number of hydrogen-bond acceptors (Lipinski definition) is 2. The van der Waals surface area contributed by atoms with Crippen molar-refractivity contribution < 1.29 is 9.90 Å². The number of nitrogens with zero attached hydrogens (tertiary/aromatic N) is 1. The third kappa shape index (κ3) is 4.10. The molecule has 0 aromatic heterocycles. The molecule has 1 aliphatic heterocycles. The molecule has 108 valence electrons. The van der Waals surface area contributed by atoms with E-state index >= 15 is 0 Å². The highest BCUT2D eigenvalue weighted by Crippen LogP contribution is 2.30. The number of carboxylic acid groups (broad SMARTS) is 1. The van der Waals surface area contributed by atoms with Crippen LogP contribution in [0.2, 0.25) is 0 Å². The Morgan fingerprint density at radius 3 is 2.90 bits per heavy atom. The van der Waals surface area contributed by atoms with Gasteiger partial charge in [0.05, 0.1) is 5.69 Å². The zero-order chi connectivity index (χ0) is 14.5. The van der Waals surface area contributed by atoms with Crippen molar-refractivity contribution in [3.63, 3.8) is 0 Å². The van der Waals surface area contributed by atoms with Crippen molar-refractivity contribution in [2.45, 2.75) is 26.2 Å². The van der Waals surface area contributed by atoms with Gasteiger partial charge in [0.15, 0.2) is 0 Å². The van der Waals surface area contributed by atoms with Gasteiger partial charge < -0.3 is 10.0 Å². The lowest BCUT2D eigenvalue weighted by Gasteiger charge is -2.24. The smallest absolute Gasteiger partial charge is 0.328 e. The SMILES string of the molecule is CC1CCCN(c2ccc(/C=C/C(=O)O)cc2Br)CC1. The average molecular weight is 338 g/mol. The summed E-state index contributed by atoms with van der Waals surface area (Å²) in [5, 5.41) is 8.65. The van der Waals surface area contributed by atoms with Crippen molar-refractivity contribution in [3.05, 3.63) is 34.3 Å². The molecule has 1 heterocycles. The summed E-state index contributed by atoms with van der Waals surface area (Å²) in [4.78, 5) is 12.9. The first-order chi connectivity index (χ1) is 9.56. The molecule has 2 rings (SSSR count). The van der Waals surface area contributed by atoms with E-state index < -0.39 is 5.97 Å². The maximum atomic E-state index is 10.5. The minimum absolute atomic E-state index is 0.802. The topological polar surface area (TPSA) is 40.5 Å². The first-order valence-electron chi connectivity index (χ1n) is 7.02. The van der Waals surface area contributed by atoms with Crippen LogP contribution in [0.25, 0.3) is 6.08 Å². The Hall–Kier alpha value is -1.29. The standard InChI is InChI=1S/C16H20BrNO2/c1-12-3-2-9-18(10-8-12)15-6-4-13(11-14(15)17)5-7-16(19)20/h4-7,11-12H,2-3,8-10H2,1H3,(H,19,20)/b7-5+. The van der Waals surface area contributed by atoms with Gasteiger partial charge in [0.2, 0.25) is 0 Å². The van der Waals surface area contributed by atoms with Crippen molar-refractivity contribution in [1.82, 2.24) is 0 Å². The number of hydrogen-bond donors (Lipinski definition) is 1. The molecule has 20 heavy (non-hydrogen) atoms. The van der Waals surface area contributed by atoms with Crippen LogP contribution >= 0.6 is 15.9 Å². The number of aliphatic carboxylic acids is 1. The molecule has 1 unspecified atom stereocenters. The Balaban J connectivity index is 2.14. The minimum Gasteiger partial charge on any atom is -0.478 e. The normalized spacial score (nSPS) is 20.1. The molecule has 0 spiro atoms. The fourth-order valence-corrected chi connectivity index (χ4v) is 3.20. The molecule has 0 radical (unpaired) electrons. The van der Waals surface area contributed by atoms with Crippen LogP contribution in [0.3, 0.4) is 0 Å². The summed E-state index contributed by atoms with van der Waals surface area (Å²) < 4.78 is 1.03. The van der Waals surface area contributed by atoms with E-state index in [1.54, 1.807) is 6.08 Å². The number of halogens is 1. The predicted molar refractivity (Wildman–Crippen MR) is 86.0 cm³/mol. The summed E-state index contributed by atoms with van der Waals surface area (Å²) in [7, 11) is 0. The maximum absolute atomic E-state index is 10.5. The first-order valence-corrected chi connectivity index (χ1v) is 7.81. The molecule has 1 aliphatic rings. The van der Waals surface area contributed by atoms with Crippen molar-refractivity contribution in [3.8, 4) is 0 Å². The molecule has 0 amide bonds. The van der Waals surface area contributed by atoms with Crippen molar-refractivity contribution in [2.75, 3.05) is 18.0 Å². The molecule has 1 aromatic carbocycles.